The molecule has 1 heterocycles. The number of nitrogens with one attached hydrogen (secondary N) is 2. The van der Waals surface area contributed by atoms with Crippen LogP contribution in [0.3, 0.4) is 0 Å². The molecular weight excluding hydrogens is 457 g/mol. The molecule has 0 saturated carbocycles. The minimum atomic E-state index is -1.42. The van der Waals surface area contributed by atoms with E-state index in [4.69, 9.17) is 0 Å². The van der Waals surface area contributed by atoms with Crippen LogP contribution in [0.25, 0.3) is 11.0 Å². The molecule has 0 aliphatic rings. The van der Waals surface area contributed by atoms with Gasteiger partial charge in [0.05, 0.1) is 23.3 Å². The second-order valence-electron chi connectivity index (χ2n) is 8.52. The number of amides is 1. The van der Waals surface area contributed by atoms with Gasteiger partial charge in [0.2, 0.25) is 11.4 Å². The predicted molar refractivity (Wildman–Crippen MR) is 132 cm³/mol. The third-order valence-electron chi connectivity index (χ3n) is 5.71. The molecule has 2 atom stereocenters. The largest absolute Gasteiger partial charge is 0.394 e. The summed E-state index contributed by atoms with van der Waals surface area (Å²) in [5.74, 6) is -0.293. The van der Waals surface area contributed by atoms with Crippen molar-refractivity contribution in [3.63, 3.8) is 0 Å². The fourth-order valence-corrected chi connectivity index (χ4v) is 3.68. The molecule has 0 radical (unpaired) electrons. The average Bonchev–Trinajstić information content (AvgIpc) is 3.34. The number of hydrogen-bond donors (Lipinski definition) is 3. The number of aliphatic hydroxyl groups excluding tert-OH is 1. The van der Waals surface area contributed by atoms with Crippen LogP contribution in [0.1, 0.15) is 71.1 Å². The predicted octanol–water partition coefficient (Wildman–Crippen LogP) is 4.84. The molecule has 0 saturated heterocycles. The number of benzene rings is 1. The minimum Gasteiger partial charge on any atom is -0.394 e. The Morgan fingerprint density at radius 3 is 2.66 bits per heavy atom. The number of nitrogens with zero attached hydrogens (tertiary/aromatic N) is 3. The van der Waals surface area contributed by atoms with Gasteiger partial charge in [-0.1, -0.05) is 51.2 Å². The van der Waals surface area contributed by atoms with Crippen molar-refractivity contribution in [2.45, 2.75) is 83.3 Å². The topological polar surface area (TPSA) is 143 Å². The summed E-state index contributed by atoms with van der Waals surface area (Å²) in [4.78, 5) is 22.6. The third kappa shape index (κ3) is 9.59. The van der Waals surface area contributed by atoms with Gasteiger partial charge in [-0.2, -0.15) is 0 Å². The molecule has 0 bridgehead atoms. The zero-order chi connectivity index (χ0) is 25.5. The Bertz CT molecular complexity index is 952. The van der Waals surface area contributed by atoms with Gasteiger partial charge in [-0.15, -0.1) is 0 Å². The van der Waals surface area contributed by atoms with Gasteiger partial charge in [0.25, 0.3) is 0 Å². The van der Waals surface area contributed by atoms with E-state index in [2.05, 4.69) is 32.5 Å². The van der Waals surface area contributed by atoms with E-state index in [0.717, 1.165) is 32.1 Å². The number of unbranched alkanes of at least 4 members (excludes halogenated alkanes) is 7. The van der Waals surface area contributed by atoms with Crippen molar-refractivity contribution in [3.8, 4) is 0 Å². The number of hydrogen-bond acceptors (Lipinski definition) is 8. The molecule has 0 spiro atoms. The van der Waals surface area contributed by atoms with Crippen LogP contribution in [-0.2, 0) is 4.79 Å². The van der Waals surface area contributed by atoms with Crippen LogP contribution in [0.4, 0.5) is 15.8 Å². The van der Waals surface area contributed by atoms with Crippen molar-refractivity contribution in [2.75, 3.05) is 18.5 Å². The van der Waals surface area contributed by atoms with Crippen molar-refractivity contribution in [1.82, 2.24) is 15.6 Å². The molecule has 2 aromatic rings. The maximum absolute atomic E-state index is 14.3. The normalized spacial score (nSPS) is 13.2. The van der Waals surface area contributed by atoms with E-state index in [0.29, 0.717) is 24.2 Å². The number of carbonyl (C=O) groups excluding carboxylic acids is 1. The van der Waals surface area contributed by atoms with E-state index in [1.54, 1.807) is 12.1 Å². The van der Waals surface area contributed by atoms with Gasteiger partial charge in [-0.05, 0) is 42.1 Å². The van der Waals surface area contributed by atoms with Crippen molar-refractivity contribution in [3.05, 3.63) is 34.4 Å². The molecule has 0 aliphatic carbocycles. The van der Waals surface area contributed by atoms with Crippen LogP contribution in [0.2, 0.25) is 0 Å². The number of rotatable bonds is 18. The molecule has 1 amide bonds. The lowest BCUT2D eigenvalue weighted by atomic mass is 10.1. The summed E-state index contributed by atoms with van der Waals surface area (Å²) in [6, 6.07) is 1.96. The molecule has 2 rings (SSSR count). The van der Waals surface area contributed by atoms with Crippen molar-refractivity contribution in [1.29, 1.82) is 0 Å². The fraction of sp³-hybridized carbons (Fsp3) is 0.625. The van der Waals surface area contributed by atoms with Crippen LogP contribution in [-0.4, -0.2) is 51.6 Å². The Labute approximate surface area is 204 Å². The lowest BCUT2D eigenvalue weighted by Crippen LogP contribution is -2.43. The SMILES string of the molecule is CCCCCCC/C=C/[C@@H](F)[C@H](CO)NC(=O)CCCCCNc1ccc([N+](=O)[O-])c2nonc12. The first-order valence-electron chi connectivity index (χ1n) is 12.3. The van der Waals surface area contributed by atoms with Gasteiger partial charge in [0.1, 0.15) is 6.17 Å². The summed E-state index contributed by atoms with van der Waals surface area (Å²) in [5.41, 5.74) is 0.786. The fourth-order valence-electron chi connectivity index (χ4n) is 3.68. The van der Waals surface area contributed by atoms with Gasteiger partial charge in [0, 0.05) is 19.0 Å². The third-order valence-corrected chi connectivity index (χ3v) is 5.71. The second-order valence-corrected chi connectivity index (χ2v) is 8.52. The van der Waals surface area contributed by atoms with Crippen LogP contribution in [0.5, 0.6) is 0 Å². The molecule has 1 aromatic carbocycles. The standard InChI is InChI=1S/C24H36FN5O5/c1-2-3-4-5-6-7-9-12-18(25)20(17-31)27-22(32)13-10-8-11-16-26-19-14-15-21(30(33)34)24-23(19)28-35-29-24/h9,12,14-15,18,20,26,31H,2-8,10-11,13,16-17H2,1H3,(H,27,32)/b12-9+/t18-,20+/m1/s1. The number of anilines is 1. The highest BCUT2D eigenvalue weighted by molar-refractivity contribution is 5.93. The van der Waals surface area contributed by atoms with Crippen LogP contribution >= 0.6 is 0 Å². The Morgan fingerprint density at radius 1 is 1.17 bits per heavy atom. The highest BCUT2D eigenvalue weighted by Gasteiger charge is 2.20. The van der Waals surface area contributed by atoms with E-state index < -0.39 is 23.7 Å². The van der Waals surface area contributed by atoms with Gasteiger partial charge < -0.3 is 15.7 Å². The summed E-state index contributed by atoms with van der Waals surface area (Å²) >= 11 is 0. The molecule has 0 unspecified atom stereocenters. The van der Waals surface area contributed by atoms with Crippen LogP contribution < -0.4 is 10.6 Å². The lowest BCUT2D eigenvalue weighted by Gasteiger charge is -2.18. The Hall–Kier alpha value is -3.08. The summed E-state index contributed by atoms with van der Waals surface area (Å²) in [6.45, 7) is 2.27. The smallest absolute Gasteiger partial charge is 0.300 e. The molecule has 1 aromatic heterocycles. The number of nitro benzene ring substituents is 1. The van der Waals surface area contributed by atoms with Crippen molar-refractivity contribution >= 4 is 28.3 Å². The second kappa shape index (κ2) is 15.8. The van der Waals surface area contributed by atoms with E-state index >= 15 is 0 Å². The Balaban J connectivity index is 1.63. The highest BCUT2D eigenvalue weighted by Crippen LogP contribution is 2.28. The molecule has 0 aliphatic heterocycles. The Morgan fingerprint density at radius 2 is 1.91 bits per heavy atom. The zero-order valence-corrected chi connectivity index (χ0v) is 20.2. The summed E-state index contributed by atoms with van der Waals surface area (Å²) in [6.07, 6.45) is 10.6. The first-order valence-corrected chi connectivity index (χ1v) is 12.3. The summed E-state index contributed by atoms with van der Waals surface area (Å²) in [5, 5.41) is 33.5. The number of allylic oxidation sites excluding steroid dienone is 1. The molecule has 3 N–H and O–H groups in total. The van der Waals surface area contributed by atoms with E-state index in [1.165, 1.54) is 31.4 Å². The molecule has 194 valence electrons. The van der Waals surface area contributed by atoms with Crippen molar-refractivity contribution in [2.24, 2.45) is 0 Å². The monoisotopic (exact) mass is 493 g/mol. The number of fused-ring (bicyclic) bond motifs is 1. The van der Waals surface area contributed by atoms with Gasteiger partial charge >= 0.3 is 5.69 Å². The van der Waals surface area contributed by atoms with Crippen molar-refractivity contribution < 1.29 is 23.8 Å². The van der Waals surface area contributed by atoms with E-state index in [-0.39, 0.29) is 23.5 Å². The summed E-state index contributed by atoms with van der Waals surface area (Å²) < 4.78 is 19.0. The number of nitro groups is 1. The number of alkyl halides is 1. The maximum atomic E-state index is 14.3. The van der Waals surface area contributed by atoms with Gasteiger partial charge in [-0.3, -0.25) is 14.9 Å². The van der Waals surface area contributed by atoms with Crippen LogP contribution in [0.15, 0.2) is 28.9 Å². The quantitative estimate of drug-likeness (QED) is 0.116. The first-order chi connectivity index (χ1) is 17.0. The van der Waals surface area contributed by atoms with Gasteiger partial charge in [-0.25, -0.2) is 9.02 Å². The number of carbonyl (C=O) groups is 1. The number of halogens is 1. The zero-order valence-electron chi connectivity index (χ0n) is 20.2. The molecule has 0 fully saturated rings. The highest BCUT2D eigenvalue weighted by atomic mass is 19.1. The minimum absolute atomic E-state index is 0.0862. The van der Waals surface area contributed by atoms with E-state index in [1.807, 2.05) is 0 Å². The molecule has 11 heteroatoms. The average molecular weight is 494 g/mol. The van der Waals surface area contributed by atoms with Gasteiger partial charge in [0.15, 0.2) is 5.52 Å². The molecule has 35 heavy (non-hydrogen) atoms. The first kappa shape index (κ1) is 28.2. The van der Waals surface area contributed by atoms with Crippen LogP contribution in [0, 0.1) is 10.1 Å². The summed E-state index contributed by atoms with van der Waals surface area (Å²) in [7, 11) is 0. The number of non-ortho nitro benzene ring substituents is 1. The number of aliphatic hydroxyl groups is 1. The Kier molecular flexibility index (Phi) is 12.7. The van der Waals surface area contributed by atoms with E-state index in [9.17, 15) is 24.4 Å². The maximum Gasteiger partial charge on any atom is 0.300 e. The number of aromatic nitrogens is 2. The molecular formula is C24H36FN5O5. The lowest BCUT2D eigenvalue weighted by molar-refractivity contribution is -0.383. The molecule has 10 nitrogen and oxygen atoms in total.